The van der Waals surface area contributed by atoms with Gasteiger partial charge in [-0.05, 0) is 47.5 Å². The van der Waals surface area contributed by atoms with E-state index in [1.165, 1.54) is 18.2 Å². The van der Waals surface area contributed by atoms with Gasteiger partial charge in [0, 0.05) is 18.3 Å². The third-order valence-corrected chi connectivity index (χ3v) is 4.45. The van der Waals surface area contributed by atoms with Crippen molar-refractivity contribution in [2.45, 2.75) is 0 Å². The summed E-state index contributed by atoms with van der Waals surface area (Å²) in [6, 6.07) is 26.8. The van der Waals surface area contributed by atoms with E-state index in [0.717, 1.165) is 16.8 Å². The molecule has 0 saturated heterocycles. The smallest absolute Gasteiger partial charge is 0.354 e. The highest BCUT2D eigenvalue weighted by molar-refractivity contribution is 5.85. The third-order valence-electron chi connectivity index (χ3n) is 4.45. The van der Waals surface area contributed by atoms with Gasteiger partial charge in [-0.1, -0.05) is 66.7 Å². The maximum atomic E-state index is 10.7. The zero-order valence-corrected chi connectivity index (χ0v) is 18.1. The van der Waals surface area contributed by atoms with Gasteiger partial charge in [-0.15, -0.1) is 0 Å². The van der Waals surface area contributed by atoms with Gasteiger partial charge in [0.05, 0.1) is 16.3 Å². The van der Waals surface area contributed by atoms with Crippen molar-refractivity contribution in [3.05, 3.63) is 136 Å². The van der Waals surface area contributed by atoms with Crippen LogP contribution in [0.5, 0.6) is 0 Å². The van der Waals surface area contributed by atoms with Crippen LogP contribution in [0.15, 0.2) is 97.2 Å². The molecule has 2 heterocycles. The lowest BCUT2D eigenvalue weighted by atomic mass is 10.2. The molecule has 0 unspecified atom stereocenters. The summed E-state index contributed by atoms with van der Waals surface area (Å²) in [7, 11) is 0. The van der Waals surface area contributed by atoms with Crippen LogP contribution in [0.3, 0.4) is 0 Å². The molecule has 0 aliphatic rings. The molecule has 1 N–H and O–H groups in total. The molecular weight excluding hydrogens is 430 g/mol. The largest absolute Gasteiger partial charge is 0.477 e. The first-order chi connectivity index (χ1) is 16.5. The number of aromatic carboxylic acids is 1. The monoisotopic (exact) mass is 451 g/mol. The molecule has 0 saturated carbocycles. The lowest BCUT2D eigenvalue weighted by molar-refractivity contribution is -0.384. The Morgan fingerprint density at radius 2 is 1.41 bits per heavy atom. The first-order valence-corrected chi connectivity index (χ1v) is 10.3. The molecule has 34 heavy (non-hydrogen) atoms. The van der Waals surface area contributed by atoms with Gasteiger partial charge < -0.3 is 5.11 Å². The van der Waals surface area contributed by atoms with Gasteiger partial charge in [0.1, 0.15) is 5.69 Å². The van der Waals surface area contributed by atoms with Crippen LogP contribution in [0.25, 0.3) is 24.3 Å². The Hall–Kier alpha value is -4.91. The van der Waals surface area contributed by atoms with E-state index in [2.05, 4.69) is 9.97 Å². The topological polar surface area (TPSA) is 106 Å². The van der Waals surface area contributed by atoms with Gasteiger partial charge in [0.25, 0.3) is 5.69 Å². The Morgan fingerprint density at radius 3 is 2.12 bits per heavy atom. The Morgan fingerprint density at radius 1 is 0.765 bits per heavy atom. The van der Waals surface area contributed by atoms with Crippen LogP contribution in [0.2, 0.25) is 0 Å². The molecule has 0 atom stereocenters. The zero-order chi connectivity index (χ0) is 24.2. The number of carbonyl (C=O) groups is 1. The first-order valence-electron chi connectivity index (χ1n) is 10.3. The van der Waals surface area contributed by atoms with Gasteiger partial charge in [-0.3, -0.25) is 15.1 Å². The minimum absolute atomic E-state index is 0.0558. The van der Waals surface area contributed by atoms with E-state index < -0.39 is 10.9 Å². The molecule has 0 aliphatic heterocycles. The van der Waals surface area contributed by atoms with Crippen molar-refractivity contribution in [1.82, 2.24) is 9.97 Å². The highest BCUT2D eigenvalue weighted by Gasteiger charge is 2.04. The quantitative estimate of drug-likeness (QED) is 0.280. The van der Waals surface area contributed by atoms with Gasteiger partial charge in [-0.2, -0.15) is 0 Å². The predicted octanol–water partition coefficient (Wildman–Crippen LogP) is 6.11. The molecule has 4 rings (SSSR count). The molecule has 0 fully saturated rings. The normalized spacial score (nSPS) is 10.6. The molecular formula is C27H21N3O4. The SMILES string of the molecule is O=C(O)c1cccc(C=Cc2ccccc2)n1.O=[N+]([O-])c1cccc(C=Cc2ccccn2)c1. The number of nitro groups is 1. The molecule has 0 spiro atoms. The average Bonchev–Trinajstić information content (AvgIpc) is 2.88. The van der Waals surface area contributed by atoms with Crippen LogP contribution in [0.4, 0.5) is 5.69 Å². The Kier molecular flexibility index (Phi) is 8.53. The number of rotatable bonds is 6. The average molecular weight is 451 g/mol. The molecule has 0 amide bonds. The number of hydrogen-bond donors (Lipinski definition) is 1. The second kappa shape index (κ2) is 12.2. The summed E-state index contributed by atoms with van der Waals surface area (Å²) in [5.74, 6) is -1.01. The molecule has 0 radical (unpaired) electrons. The van der Waals surface area contributed by atoms with Gasteiger partial charge in [0.15, 0.2) is 0 Å². The maximum absolute atomic E-state index is 10.7. The van der Waals surface area contributed by atoms with E-state index in [0.29, 0.717) is 5.69 Å². The minimum Gasteiger partial charge on any atom is -0.477 e. The summed E-state index contributed by atoms with van der Waals surface area (Å²) in [4.78, 5) is 29.1. The van der Waals surface area contributed by atoms with Crippen molar-refractivity contribution in [1.29, 1.82) is 0 Å². The highest BCUT2D eigenvalue weighted by atomic mass is 16.6. The van der Waals surface area contributed by atoms with Crippen molar-refractivity contribution < 1.29 is 14.8 Å². The zero-order valence-electron chi connectivity index (χ0n) is 18.1. The second-order valence-electron chi connectivity index (χ2n) is 6.94. The summed E-state index contributed by atoms with van der Waals surface area (Å²) in [6.45, 7) is 0. The summed E-state index contributed by atoms with van der Waals surface area (Å²) in [5, 5.41) is 19.4. The van der Waals surface area contributed by atoms with Crippen LogP contribution < -0.4 is 0 Å². The number of carboxylic acids is 1. The Labute approximate surface area is 196 Å². The summed E-state index contributed by atoms with van der Waals surface area (Å²) >= 11 is 0. The van der Waals surface area contributed by atoms with Crippen molar-refractivity contribution >= 4 is 36.0 Å². The van der Waals surface area contributed by atoms with Crippen LogP contribution in [0, 0.1) is 10.1 Å². The second-order valence-corrected chi connectivity index (χ2v) is 6.94. The van der Waals surface area contributed by atoms with Gasteiger partial charge in [-0.25, -0.2) is 9.78 Å². The van der Waals surface area contributed by atoms with E-state index in [1.807, 2.05) is 66.7 Å². The molecule has 2 aromatic carbocycles. The van der Waals surface area contributed by atoms with E-state index in [1.54, 1.807) is 36.5 Å². The third kappa shape index (κ3) is 7.65. The van der Waals surface area contributed by atoms with Gasteiger partial charge >= 0.3 is 5.97 Å². The summed E-state index contributed by atoms with van der Waals surface area (Å²) in [6.07, 6.45) is 9.01. The van der Waals surface area contributed by atoms with Crippen molar-refractivity contribution in [2.75, 3.05) is 0 Å². The molecule has 2 aromatic heterocycles. The molecule has 7 heteroatoms. The molecule has 0 bridgehead atoms. The van der Waals surface area contributed by atoms with Crippen LogP contribution in [-0.4, -0.2) is 26.0 Å². The van der Waals surface area contributed by atoms with Crippen molar-refractivity contribution in [3.8, 4) is 0 Å². The number of pyridine rings is 2. The lowest BCUT2D eigenvalue weighted by Crippen LogP contribution is -2.00. The van der Waals surface area contributed by atoms with Crippen LogP contribution >= 0.6 is 0 Å². The molecule has 4 aromatic rings. The number of benzene rings is 2. The number of aromatic nitrogens is 2. The predicted molar refractivity (Wildman–Crippen MR) is 133 cm³/mol. The fraction of sp³-hybridized carbons (Fsp3) is 0. The Bertz CT molecular complexity index is 1200. The molecule has 168 valence electrons. The van der Waals surface area contributed by atoms with E-state index in [4.69, 9.17) is 5.11 Å². The molecule has 0 aliphatic carbocycles. The fourth-order valence-corrected chi connectivity index (χ4v) is 2.81. The van der Waals surface area contributed by atoms with E-state index in [9.17, 15) is 14.9 Å². The summed E-state index contributed by atoms with van der Waals surface area (Å²) in [5.41, 5.74) is 3.43. The lowest BCUT2D eigenvalue weighted by Gasteiger charge is -1.96. The number of nitrogens with zero attached hydrogens (tertiary/aromatic N) is 3. The van der Waals surface area contributed by atoms with E-state index in [-0.39, 0.29) is 11.4 Å². The number of carboxylic acid groups (broad SMARTS) is 1. The van der Waals surface area contributed by atoms with E-state index >= 15 is 0 Å². The molecule has 7 nitrogen and oxygen atoms in total. The highest BCUT2D eigenvalue weighted by Crippen LogP contribution is 2.15. The maximum Gasteiger partial charge on any atom is 0.354 e. The fourth-order valence-electron chi connectivity index (χ4n) is 2.81. The standard InChI is InChI=1S/C14H11NO2.C13H10N2O2/c16-14(17)13-8-4-7-12(15-13)10-9-11-5-2-1-3-6-11;16-15(17)13-6-3-4-11(10-13)7-8-12-5-1-2-9-14-12/h1-10H,(H,16,17);1-10H. The van der Waals surface area contributed by atoms with Crippen molar-refractivity contribution in [3.63, 3.8) is 0 Å². The first kappa shape index (κ1) is 23.7. The van der Waals surface area contributed by atoms with Crippen LogP contribution in [-0.2, 0) is 0 Å². The Balaban J connectivity index is 0.000000191. The van der Waals surface area contributed by atoms with Crippen molar-refractivity contribution in [2.24, 2.45) is 0 Å². The van der Waals surface area contributed by atoms with Gasteiger partial charge in [0.2, 0.25) is 0 Å². The number of nitro benzene ring substituents is 1. The minimum atomic E-state index is -1.01. The number of non-ortho nitro benzene ring substituents is 1. The summed E-state index contributed by atoms with van der Waals surface area (Å²) < 4.78 is 0. The van der Waals surface area contributed by atoms with Crippen LogP contribution in [0.1, 0.15) is 33.0 Å². The number of hydrogen-bond acceptors (Lipinski definition) is 5.